The van der Waals surface area contributed by atoms with Crippen LogP contribution in [0.25, 0.3) is 0 Å². The Morgan fingerprint density at radius 3 is 2.48 bits per heavy atom. The number of carbonyl (C=O) groups excluding carboxylic acids is 1. The normalized spacial score (nSPS) is 10.3. The van der Waals surface area contributed by atoms with E-state index in [0.717, 1.165) is 23.5 Å². The third-order valence-electron chi connectivity index (χ3n) is 4.29. The number of amides is 1. The molecule has 0 fully saturated rings. The van der Waals surface area contributed by atoms with Crippen molar-refractivity contribution in [2.45, 2.75) is 13.1 Å². The molecule has 0 saturated carbocycles. The summed E-state index contributed by atoms with van der Waals surface area (Å²) in [4.78, 5) is 18.8. The smallest absolute Gasteiger partial charge is 0.270 e. The van der Waals surface area contributed by atoms with Gasteiger partial charge in [0.25, 0.3) is 5.91 Å². The lowest BCUT2D eigenvalue weighted by Crippen LogP contribution is -2.24. The quantitative estimate of drug-likeness (QED) is 0.698. The van der Waals surface area contributed by atoms with Gasteiger partial charge in [-0.2, -0.15) is 0 Å². The molecule has 3 aromatic rings. The molecule has 0 radical (unpaired) electrons. The molecule has 0 unspecified atom stereocenters. The van der Waals surface area contributed by atoms with Crippen LogP contribution in [0.4, 0.5) is 5.69 Å². The van der Waals surface area contributed by atoms with Crippen LogP contribution in [0.2, 0.25) is 0 Å². The van der Waals surface area contributed by atoms with Crippen LogP contribution in [0.15, 0.2) is 72.9 Å². The van der Waals surface area contributed by atoms with Crippen molar-refractivity contribution in [2.75, 3.05) is 19.1 Å². The fourth-order valence-corrected chi connectivity index (χ4v) is 2.75. The van der Waals surface area contributed by atoms with Crippen LogP contribution in [-0.2, 0) is 13.1 Å². The number of nitrogens with one attached hydrogen (secondary N) is 1. The molecule has 0 aliphatic rings. The predicted octanol–water partition coefficient (Wildman–Crippen LogP) is 3.66. The second kappa shape index (κ2) is 8.85. The van der Waals surface area contributed by atoms with Crippen molar-refractivity contribution in [1.82, 2.24) is 10.3 Å². The topological polar surface area (TPSA) is 54.5 Å². The Hall–Kier alpha value is -3.34. The van der Waals surface area contributed by atoms with Gasteiger partial charge in [-0.05, 0) is 35.4 Å². The zero-order valence-corrected chi connectivity index (χ0v) is 15.6. The van der Waals surface area contributed by atoms with E-state index in [0.29, 0.717) is 12.2 Å². The van der Waals surface area contributed by atoms with Crippen molar-refractivity contribution in [3.05, 3.63) is 89.7 Å². The van der Waals surface area contributed by atoms with Crippen LogP contribution in [0.3, 0.4) is 0 Å². The number of benzene rings is 2. The maximum Gasteiger partial charge on any atom is 0.270 e. The molecule has 0 aliphatic heterocycles. The Kier molecular flexibility index (Phi) is 6.05. The third-order valence-corrected chi connectivity index (χ3v) is 4.29. The second-order valence-electron chi connectivity index (χ2n) is 6.27. The highest BCUT2D eigenvalue weighted by molar-refractivity contribution is 5.93. The fourth-order valence-electron chi connectivity index (χ4n) is 2.75. The summed E-state index contributed by atoms with van der Waals surface area (Å²) in [7, 11) is 3.63. The molecule has 1 heterocycles. The molecule has 3 rings (SSSR count). The minimum atomic E-state index is -0.194. The van der Waals surface area contributed by atoms with Crippen LogP contribution in [0.1, 0.15) is 21.6 Å². The molecule has 1 N–H and O–H groups in total. The minimum absolute atomic E-state index is 0.194. The number of aromatic nitrogens is 1. The zero-order chi connectivity index (χ0) is 19.1. The van der Waals surface area contributed by atoms with Crippen molar-refractivity contribution in [2.24, 2.45) is 0 Å². The number of methoxy groups -OCH3 is 1. The van der Waals surface area contributed by atoms with E-state index in [-0.39, 0.29) is 5.91 Å². The maximum atomic E-state index is 12.5. The van der Waals surface area contributed by atoms with Gasteiger partial charge < -0.3 is 15.0 Å². The molecule has 5 heteroatoms. The average Bonchev–Trinajstić information content (AvgIpc) is 2.73. The molecule has 1 aromatic heterocycles. The summed E-state index contributed by atoms with van der Waals surface area (Å²) in [5.41, 5.74) is 3.56. The molecule has 0 saturated heterocycles. The highest BCUT2D eigenvalue weighted by Crippen LogP contribution is 2.16. The van der Waals surface area contributed by atoms with Crippen molar-refractivity contribution in [3.8, 4) is 5.75 Å². The second-order valence-corrected chi connectivity index (χ2v) is 6.27. The first-order valence-corrected chi connectivity index (χ1v) is 8.78. The summed E-state index contributed by atoms with van der Waals surface area (Å²) in [6.07, 6.45) is 1.67. The molecular formula is C22H23N3O2. The SMILES string of the molecule is COc1ccc(CNC(=O)c2cc(N(C)Cc3ccccc3)ccn2)cc1. The molecular weight excluding hydrogens is 338 g/mol. The van der Waals surface area contributed by atoms with Gasteiger partial charge in [-0.25, -0.2) is 0 Å². The molecule has 138 valence electrons. The lowest BCUT2D eigenvalue weighted by Gasteiger charge is -2.19. The van der Waals surface area contributed by atoms with Crippen LogP contribution in [0, 0.1) is 0 Å². The van der Waals surface area contributed by atoms with Gasteiger partial charge in [0.1, 0.15) is 11.4 Å². The first kappa shape index (κ1) is 18.5. The van der Waals surface area contributed by atoms with Gasteiger partial charge in [-0.15, -0.1) is 0 Å². The van der Waals surface area contributed by atoms with E-state index in [1.807, 2.05) is 61.6 Å². The maximum absolute atomic E-state index is 12.5. The fraction of sp³-hybridized carbons (Fsp3) is 0.182. The summed E-state index contributed by atoms with van der Waals surface area (Å²) < 4.78 is 5.14. The Morgan fingerprint density at radius 1 is 1.04 bits per heavy atom. The van der Waals surface area contributed by atoms with Crippen LogP contribution in [-0.4, -0.2) is 25.0 Å². The standard InChI is InChI=1S/C22H23N3O2/c1-25(16-18-6-4-3-5-7-18)19-12-13-23-21(14-19)22(26)24-15-17-8-10-20(27-2)11-9-17/h3-14H,15-16H2,1-2H3,(H,24,26). The highest BCUT2D eigenvalue weighted by Gasteiger charge is 2.10. The van der Waals surface area contributed by atoms with Crippen LogP contribution >= 0.6 is 0 Å². The van der Waals surface area contributed by atoms with E-state index in [2.05, 4.69) is 27.3 Å². The Balaban J connectivity index is 1.62. The summed E-state index contributed by atoms with van der Waals surface area (Å²) in [5.74, 6) is 0.599. The van der Waals surface area contributed by atoms with Gasteiger partial charge in [0.2, 0.25) is 0 Å². The summed E-state index contributed by atoms with van der Waals surface area (Å²) in [6.45, 7) is 1.20. The highest BCUT2D eigenvalue weighted by atomic mass is 16.5. The Bertz CT molecular complexity index is 880. The van der Waals surface area contributed by atoms with E-state index in [1.54, 1.807) is 13.3 Å². The first-order chi connectivity index (χ1) is 13.2. The third kappa shape index (κ3) is 5.07. The van der Waals surface area contributed by atoms with Gasteiger partial charge in [-0.1, -0.05) is 42.5 Å². The van der Waals surface area contributed by atoms with Crippen molar-refractivity contribution in [1.29, 1.82) is 0 Å². The van der Waals surface area contributed by atoms with E-state index in [1.165, 1.54) is 5.56 Å². The number of rotatable bonds is 7. The monoisotopic (exact) mass is 361 g/mol. The number of pyridine rings is 1. The number of anilines is 1. The molecule has 1 amide bonds. The number of ether oxygens (including phenoxy) is 1. The lowest BCUT2D eigenvalue weighted by molar-refractivity contribution is 0.0946. The van der Waals surface area contributed by atoms with Gasteiger partial charge in [-0.3, -0.25) is 9.78 Å². The number of nitrogens with zero attached hydrogens (tertiary/aromatic N) is 2. The minimum Gasteiger partial charge on any atom is -0.497 e. The summed E-state index contributed by atoms with van der Waals surface area (Å²) in [5, 5.41) is 2.91. The molecule has 2 aromatic carbocycles. The molecule has 0 aliphatic carbocycles. The van der Waals surface area contributed by atoms with Gasteiger partial charge in [0.05, 0.1) is 7.11 Å². The predicted molar refractivity (Wildman–Crippen MR) is 107 cm³/mol. The number of carbonyl (C=O) groups is 1. The average molecular weight is 361 g/mol. The van der Waals surface area contributed by atoms with E-state index in [9.17, 15) is 4.79 Å². The molecule has 0 atom stereocenters. The van der Waals surface area contributed by atoms with E-state index < -0.39 is 0 Å². The number of hydrogen-bond acceptors (Lipinski definition) is 4. The lowest BCUT2D eigenvalue weighted by atomic mass is 10.2. The molecule has 0 spiro atoms. The van der Waals surface area contributed by atoms with Gasteiger partial charge in [0, 0.05) is 32.0 Å². The molecule has 0 bridgehead atoms. The van der Waals surface area contributed by atoms with E-state index >= 15 is 0 Å². The van der Waals surface area contributed by atoms with E-state index in [4.69, 9.17) is 4.74 Å². The van der Waals surface area contributed by atoms with Gasteiger partial charge in [0.15, 0.2) is 0 Å². The Labute approximate surface area is 159 Å². The largest absolute Gasteiger partial charge is 0.497 e. The first-order valence-electron chi connectivity index (χ1n) is 8.78. The molecule has 5 nitrogen and oxygen atoms in total. The van der Waals surface area contributed by atoms with Crippen molar-refractivity contribution < 1.29 is 9.53 Å². The van der Waals surface area contributed by atoms with Crippen molar-refractivity contribution >= 4 is 11.6 Å². The van der Waals surface area contributed by atoms with Crippen LogP contribution in [0.5, 0.6) is 5.75 Å². The van der Waals surface area contributed by atoms with Crippen LogP contribution < -0.4 is 15.0 Å². The van der Waals surface area contributed by atoms with Gasteiger partial charge >= 0.3 is 0 Å². The zero-order valence-electron chi connectivity index (χ0n) is 15.6. The van der Waals surface area contributed by atoms with Crippen molar-refractivity contribution in [3.63, 3.8) is 0 Å². The number of hydrogen-bond donors (Lipinski definition) is 1. The summed E-state index contributed by atoms with van der Waals surface area (Å²) in [6, 6.07) is 21.5. The Morgan fingerprint density at radius 2 is 1.78 bits per heavy atom. The molecule has 27 heavy (non-hydrogen) atoms. The summed E-state index contributed by atoms with van der Waals surface area (Å²) >= 11 is 0.